The number of nitrogens with zero attached hydrogens (tertiary/aromatic N) is 2. The van der Waals surface area contributed by atoms with Gasteiger partial charge in [0, 0.05) is 18.9 Å². The number of rotatable bonds is 4. The molecule has 0 saturated heterocycles. The summed E-state index contributed by atoms with van der Waals surface area (Å²) >= 11 is 0. The lowest BCUT2D eigenvalue weighted by atomic mass is 9.96. The Morgan fingerprint density at radius 3 is 2.50 bits per heavy atom. The summed E-state index contributed by atoms with van der Waals surface area (Å²) in [6.07, 6.45) is 4.37. The highest BCUT2D eigenvalue weighted by atomic mass is 16.3. The quantitative estimate of drug-likeness (QED) is 0.457. The fourth-order valence-corrected chi connectivity index (χ4v) is 4.61. The number of pyridine rings is 1. The van der Waals surface area contributed by atoms with Gasteiger partial charge in [0.2, 0.25) is 5.76 Å². The molecular formula is C27H24N2O3. The summed E-state index contributed by atoms with van der Waals surface area (Å²) < 4.78 is 6.14. The van der Waals surface area contributed by atoms with Crippen LogP contribution in [0.3, 0.4) is 0 Å². The van der Waals surface area contributed by atoms with Gasteiger partial charge in [-0.3, -0.25) is 14.6 Å². The van der Waals surface area contributed by atoms with Crippen molar-refractivity contribution in [1.29, 1.82) is 0 Å². The first-order chi connectivity index (χ1) is 15.5. The lowest BCUT2D eigenvalue weighted by Crippen LogP contribution is -2.29. The van der Waals surface area contributed by atoms with Crippen molar-refractivity contribution in [2.75, 3.05) is 0 Å². The number of benzene rings is 2. The maximum atomic E-state index is 13.7. The Hall–Kier alpha value is -3.73. The molecule has 160 valence electrons. The average Bonchev–Trinajstić information content (AvgIpc) is 3.07. The predicted octanol–water partition coefficient (Wildman–Crippen LogP) is 5.11. The third kappa shape index (κ3) is 3.21. The molecule has 0 spiro atoms. The van der Waals surface area contributed by atoms with Gasteiger partial charge in [0.05, 0.1) is 17.0 Å². The number of carbonyl (C=O) groups is 1. The van der Waals surface area contributed by atoms with Gasteiger partial charge in [-0.15, -0.1) is 0 Å². The van der Waals surface area contributed by atoms with Gasteiger partial charge in [-0.2, -0.15) is 0 Å². The van der Waals surface area contributed by atoms with Crippen molar-refractivity contribution in [1.82, 2.24) is 9.88 Å². The van der Waals surface area contributed by atoms with Crippen LogP contribution in [0.15, 0.2) is 70.1 Å². The Bertz CT molecular complexity index is 1390. The molecule has 1 amide bonds. The van der Waals surface area contributed by atoms with Crippen molar-refractivity contribution in [2.45, 2.75) is 39.8 Å². The second kappa shape index (κ2) is 7.75. The Morgan fingerprint density at radius 2 is 1.81 bits per heavy atom. The van der Waals surface area contributed by atoms with Gasteiger partial charge in [0.1, 0.15) is 5.58 Å². The van der Waals surface area contributed by atoms with E-state index in [1.54, 1.807) is 17.3 Å². The summed E-state index contributed by atoms with van der Waals surface area (Å²) in [7, 11) is 0. The zero-order valence-corrected chi connectivity index (χ0v) is 18.4. The van der Waals surface area contributed by atoms with E-state index >= 15 is 0 Å². The highest BCUT2D eigenvalue weighted by Gasteiger charge is 2.42. The van der Waals surface area contributed by atoms with Crippen LogP contribution in [0.1, 0.15) is 56.9 Å². The zero-order valence-electron chi connectivity index (χ0n) is 18.4. The Labute approximate surface area is 186 Å². The molecule has 5 heteroatoms. The molecule has 1 atom stereocenters. The second-order valence-corrected chi connectivity index (χ2v) is 8.42. The lowest BCUT2D eigenvalue weighted by molar-refractivity contribution is 0.0714. The predicted molar refractivity (Wildman–Crippen MR) is 124 cm³/mol. The topological polar surface area (TPSA) is 63.4 Å². The fourth-order valence-electron chi connectivity index (χ4n) is 4.61. The molecule has 5 rings (SSSR count). The third-order valence-corrected chi connectivity index (χ3v) is 6.18. The summed E-state index contributed by atoms with van der Waals surface area (Å²) in [6, 6.07) is 15.2. The minimum atomic E-state index is -0.509. The van der Waals surface area contributed by atoms with Crippen molar-refractivity contribution < 1.29 is 9.21 Å². The third-order valence-electron chi connectivity index (χ3n) is 6.18. The van der Waals surface area contributed by atoms with E-state index in [1.165, 1.54) is 5.56 Å². The van der Waals surface area contributed by atoms with E-state index in [0.717, 1.165) is 28.7 Å². The Morgan fingerprint density at radius 1 is 1.03 bits per heavy atom. The summed E-state index contributed by atoms with van der Waals surface area (Å²) in [5, 5.41) is 0.521. The molecule has 4 aromatic rings. The molecule has 0 fully saturated rings. The maximum Gasteiger partial charge on any atom is 0.291 e. The van der Waals surface area contributed by atoms with E-state index in [4.69, 9.17) is 4.42 Å². The number of amides is 1. The molecule has 32 heavy (non-hydrogen) atoms. The van der Waals surface area contributed by atoms with Crippen LogP contribution in [0.4, 0.5) is 0 Å². The first-order valence-electron chi connectivity index (χ1n) is 10.8. The summed E-state index contributed by atoms with van der Waals surface area (Å²) in [5.74, 6) is -0.129. The number of hydrogen-bond acceptors (Lipinski definition) is 4. The number of aromatic nitrogens is 1. The van der Waals surface area contributed by atoms with Gasteiger partial charge in [-0.1, -0.05) is 43.3 Å². The van der Waals surface area contributed by atoms with E-state index in [0.29, 0.717) is 23.1 Å². The molecule has 1 aliphatic rings. The van der Waals surface area contributed by atoms with Crippen LogP contribution in [0.5, 0.6) is 0 Å². The smallest absolute Gasteiger partial charge is 0.291 e. The molecule has 0 aliphatic carbocycles. The molecule has 2 aromatic carbocycles. The van der Waals surface area contributed by atoms with E-state index in [1.807, 2.05) is 50.2 Å². The van der Waals surface area contributed by atoms with Crippen LogP contribution in [-0.2, 0) is 13.0 Å². The Kier molecular flexibility index (Phi) is 4.89. The van der Waals surface area contributed by atoms with Crippen LogP contribution in [0, 0.1) is 13.8 Å². The minimum Gasteiger partial charge on any atom is -0.450 e. The SMILES string of the molecule is CCc1ccc([C@@H]2c3c(oc4c(C)cc(C)cc4c3=O)C(=O)N2Cc2cccnc2)cc1. The van der Waals surface area contributed by atoms with Gasteiger partial charge in [0.25, 0.3) is 5.91 Å². The molecule has 1 aliphatic heterocycles. The normalized spacial score (nSPS) is 15.4. The standard InChI is InChI=1S/C27H24N2O3/c1-4-18-7-9-20(10-8-18)23-22-24(30)21-13-16(2)12-17(3)25(21)32-26(22)27(31)29(23)15-19-6-5-11-28-14-19/h5-14,23H,4,15H2,1-3H3/t23-/m1/s1. The van der Waals surface area contributed by atoms with Crippen LogP contribution in [0.2, 0.25) is 0 Å². The van der Waals surface area contributed by atoms with Crippen LogP contribution < -0.4 is 5.43 Å². The van der Waals surface area contributed by atoms with E-state index in [-0.39, 0.29) is 17.1 Å². The molecule has 5 nitrogen and oxygen atoms in total. The molecule has 0 bridgehead atoms. The molecular weight excluding hydrogens is 400 g/mol. The van der Waals surface area contributed by atoms with Crippen LogP contribution in [-0.4, -0.2) is 15.8 Å². The van der Waals surface area contributed by atoms with Crippen molar-refractivity contribution in [2.24, 2.45) is 0 Å². The lowest BCUT2D eigenvalue weighted by Gasteiger charge is -2.25. The van der Waals surface area contributed by atoms with Crippen molar-refractivity contribution >= 4 is 16.9 Å². The van der Waals surface area contributed by atoms with E-state index in [9.17, 15) is 9.59 Å². The van der Waals surface area contributed by atoms with Crippen LogP contribution in [0.25, 0.3) is 11.0 Å². The monoisotopic (exact) mass is 424 g/mol. The second-order valence-electron chi connectivity index (χ2n) is 8.42. The molecule has 0 saturated carbocycles. The van der Waals surface area contributed by atoms with Crippen molar-refractivity contribution in [3.05, 3.63) is 110 Å². The average molecular weight is 425 g/mol. The molecule has 3 heterocycles. The molecule has 0 unspecified atom stereocenters. The first-order valence-corrected chi connectivity index (χ1v) is 10.8. The number of fused-ring (bicyclic) bond motifs is 2. The molecule has 0 radical (unpaired) electrons. The first kappa shape index (κ1) is 20.2. The Balaban J connectivity index is 1.74. The van der Waals surface area contributed by atoms with Crippen molar-refractivity contribution in [3.63, 3.8) is 0 Å². The van der Waals surface area contributed by atoms with E-state index in [2.05, 4.69) is 24.0 Å². The van der Waals surface area contributed by atoms with Gasteiger partial charge >= 0.3 is 0 Å². The fraction of sp³-hybridized carbons (Fsp3) is 0.222. The van der Waals surface area contributed by atoms with Gasteiger partial charge in [-0.25, -0.2) is 0 Å². The highest BCUT2D eigenvalue weighted by molar-refractivity contribution is 5.99. The molecule has 2 aromatic heterocycles. The van der Waals surface area contributed by atoms with E-state index < -0.39 is 6.04 Å². The van der Waals surface area contributed by atoms with Gasteiger partial charge in [-0.05, 0) is 60.2 Å². The van der Waals surface area contributed by atoms with Crippen molar-refractivity contribution in [3.8, 4) is 0 Å². The zero-order chi connectivity index (χ0) is 22.4. The number of carbonyl (C=O) groups excluding carboxylic acids is 1. The van der Waals surface area contributed by atoms with Gasteiger partial charge < -0.3 is 9.32 Å². The number of hydrogen-bond donors (Lipinski definition) is 0. The van der Waals surface area contributed by atoms with Gasteiger partial charge in [0.15, 0.2) is 5.43 Å². The van der Waals surface area contributed by atoms with Crippen LogP contribution >= 0.6 is 0 Å². The summed E-state index contributed by atoms with van der Waals surface area (Å²) in [4.78, 5) is 33.2. The summed E-state index contributed by atoms with van der Waals surface area (Å²) in [6.45, 7) is 6.30. The molecule has 0 N–H and O–H groups in total. The minimum absolute atomic E-state index is 0.139. The maximum absolute atomic E-state index is 13.7. The highest BCUT2D eigenvalue weighted by Crippen LogP contribution is 2.39. The largest absolute Gasteiger partial charge is 0.450 e. The summed E-state index contributed by atoms with van der Waals surface area (Å²) in [5.41, 5.74) is 5.59. The number of aryl methyl sites for hydroxylation is 3.